The van der Waals surface area contributed by atoms with Gasteiger partial charge >= 0.3 is 0 Å². The zero-order chi connectivity index (χ0) is 18.5. The molecule has 0 spiro atoms. The van der Waals surface area contributed by atoms with Gasteiger partial charge in [-0.25, -0.2) is 9.97 Å². The summed E-state index contributed by atoms with van der Waals surface area (Å²) < 4.78 is 0. The fourth-order valence-corrected chi connectivity index (χ4v) is 2.67. The van der Waals surface area contributed by atoms with Crippen molar-refractivity contribution < 1.29 is 4.79 Å². The Labute approximate surface area is 153 Å². The van der Waals surface area contributed by atoms with Gasteiger partial charge in [-0.15, -0.1) is 0 Å². The molecule has 0 atom stereocenters. The molecule has 0 saturated carbocycles. The molecule has 1 aromatic heterocycles. The second-order valence-corrected chi connectivity index (χ2v) is 6.19. The van der Waals surface area contributed by atoms with E-state index in [0.717, 1.165) is 28.9 Å². The molecule has 1 heterocycles. The zero-order valence-corrected chi connectivity index (χ0v) is 15.2. The predicted molar refractivity (Wildman–Crippen MR) is 105 cm³/mol. The van der Waals surface area contributed by atoms with Crippen molar-refractivity contribution in [3.05, 3.63) is 77.2 Å². The largest absolute Gasteiger partial charge is 0.339 e. The van der Waals surface area contributed by atoms with E-state index in [1.165, 1.54) is 11.8 Å². The molecular formula is C21H22N4O. The van der Waals surface area contributed by atoms with Crippen molar-refractivity contribution in [1.82, 2.24) is 9.97 Å². The van der Waals surface area contributed by atoms with Crippen LogP contribution < -0.4 is 10.6 Å². The third-order valence-corrected chi connectivity index (χ3v) is 4.19. The van der Waals surface area contributed by atoms with E-state index in [2.05, 4.69) is 46.6 Å². The first kappa shape index (κ1) is 17.6. The lowest BCUT2D eigenvalue weighted by atomic mass is 10.1. The van der Waals surface area contributed by atoms with E-state index in [1.807, 2.05) is 37.3 Å². The molecule has 2 N–H and O–H groups in total. The van der Waals surface area contributed by atoms with Gasteiger partial charge in [-0.3, -0.25) is 4.79 Å². The molecule has 0 aliphatic rings. The molecular weight excluding hydrogens is 324 g/mol. The van der Waals surface area contributed by atoms with Crippen LogP contribution in [-0.2, 0) is 6.42 Å². The van der Waals surface area contributed by atoms with Gasteiger partial charge in [-0.05, 0) is 43.5 Å². The average Bonchev–Trinajstić information content (AvgIpc) is 2.65. The lowest BCUT2D eigenvalue weighted by Crippen LogP contribution is -2.14. The van der Waals surface area contributed by atoms with E-state index in [1.54, 1.807) is 6.20 Å². The Morgan fingerprint density at radius 2 is 1.77 bits per heavy atom. The van der Waals surface area contributed by atoms with Crippen LogP contribution in [0.5, 0.6) is 0 Å². The van der Waals surface area contributed by atoms with Crippen molar-refractivity contribution in [2.24, 2.45) is 0 Å². The summed E-state index contributed by atoms with van der Waals surface area (Å²) in [6.07, 6.45) is 3.99. The topological polar surface area (TPSA) is 66.9 Å². The number of hydrogen-bond donors (Lipinski definition) is 2. The Morgan fingerprint density at radius 1 is 1.00 bits per heavy atom. The van der Waals surface area contributed by atoms with Gasteiger partial charge in [0.05, 0.1) is 12.4 Å². The average molecular weight is 346 g/mol. The highest BCUT2D eigenvalue weighted by Gasteiger charge is 2.10. The second-order valence-electron chi connectivity index (χ2n) is 6.19. The molecule has 0 saturated heterocycles. The molecule has 132 valence electrons. The maximum atomic E-state index is 12.3. The Kier molecular flexibility index (Phi) is 5.27. The molecule has 0 aliphatic carbocycles. The number of nitrogens with zero attached hydrogens (tertiary/aromatic N) is 2. The minimum Gasteiger partial charge on any atom is -0.339 e. The third kappa shape index (κ3) is 4.06. The SMILES string of the molecule is CCc1cccc(C)c1Nc1cnc(C(=O)Nc2ccc(C)cc2)cn1. The Morgan fingerprint density at radius 3 is 2.42 bits per heavy atom. The molecule has 2 aromatic carbocycles. The number of carbonyl (C=O) groups excluding carboxylic acids is 1. The van der Waals surface area contributed by atoms with Crippen molar-refractivity contribution >= 4 is 23.1 Å². The summed E-state index contributed by atoms with van der Waals surface area (Å²) in [5, 5.41) is 6.13. The summed E-state index contributed by atoms with van der Waals surface area (Å²) in [5.41, 5.74) is 5.55. The lowest BCUT2D eigenvalue weighted by molar-refractivity contribution is 0.102. The highest BCUT2D eigenvalue weighted by atomic mass is 16.1. The maximum absolute atomic E-state index is 12.3. The van der Waals surface area contributed by atoms with Crippen LogP contribution in [-0.4, -0.2) is 15.9 Å². The number of amides is 1. The smallest absolute Gasteiger partial charge is 0.275 e. The molecule has 5 heteroatoms. The molecule has 0 aliphatic heterocycles. The number of nitrogens with one attached hydrogen (secondary N) is 2. The van der Waals surface area contributed by atoms with Gasteiger partial charge in [0.15, 0.2) is 0 Å². The van der Waals surface area contributed by atoms with Crippen molar-refractivity contribution in [2.75, 3.05) is 10.6 Å². The minimum absolute atomic E-state index is 0.275. The standard InChI is InChI=1S/C21H22N4O/c1-4-16-7-5-6-15(3)20(16)25-19-13-22-18(12-23-19)21(26)24-17-10-8-14(2)9-11-17/h5-13H,4H2,1-3H3,(H,23,25)(H,24,26). The quantitative estimate of drug-likeness (QED) is 0.705. The Balaban J connectivity index is 1.72. The molecule has 0 bridgehead atoms. The number of anilines is 3. The Hall–Kier alpha value is -3.21. The highest BCUT2D eigenvalue weighted by Crippen LogP contribution is 2.24. The molecule has 0 radical (unpaired) electrons. The Bertz CT molecular complexity index is 902. The van der Waals surface area contributed by atoms with Crippen LogP contribution in [0.3, 0.4) is 0 Å². The van der Waals surface area contributed by atoms with Crippen LogP contribution >= 0.6 is 0 Å². The van der Waals surface area contributed by atoms with Crippen LogP contribution in [0.1, 0.15) is 34.1 Å². The zero-order valence-electron chi connectivity index (χ0n) is 15.2. The van der Waals surface area contributed by atoms with Crippen molar-refractivity contribution in [3.8, 4) is 0 Å². The summed E-state index contributed by atoms with van der Waals surface area (Å²) in [6, 6.07) is 13.8. The van der Waals surface area contributed by atoms with E-state index in [0.29, 0.717) is 5.82 Å². The van der Waals surface area contributed by atoms with Gasteiger partial charge in [0, 0.05) is 11.4 Å². The number of para-hydroxylation sites is 1. The summed E-state index contributed by atoms with van der Waals surface area (Å²) in [5.74, 6) is 0.332. The summed E-state index contributed by atoms with van der Waals surface area (Å²) in [4.78, 5) is 20.9. The molecule has 3 rings (SSSR count). The summed E-state index contributed by atoms with van der Waals surface area (Å²) in [7, 11) is 0. The highest BCUT2D eigenvalue weighted by molar-refractivity contribution is 6.02. The lowest BCUT2D eigenvalue weighted by Gasteiger charge is -2.13. The monoisotopic (exact) mass is 346 g/mol. The predicted octanol–water partition coefficient (Wildman–Crippen LogP) is 4.65. The van der Waals surface area contributed by atoms with E-state index in [9.17, 15) is 4.79 Å². The maximum Gasteiger partial charge on any atom is 0.275 e. The van der Waals surface area contributed by atoms with E-state index < -0.39 is 0 Å². The molecule has 1 amide bonds. The van der Waals surface area contributed by atoms with Crippen LogP contribution in [0.15, 0.2) is 54.9 Å². The molecule has 5 nitrogen and oxygen atoms in total. The van der Waals surface area contributed by atoms with Crippen LogP contribution in [0, 0.1) is 13.8 Å². The number of aryl methyl sites for hydroxylation is 3. The van der Waals surface area contributed by atoms with Crippen molar-refractivity contribution in [1.29, 1.82) is 0 Å². The van der Waals surface area contributed by atoms with Crippen LogP contribution in [0.25, 0.3) is 0 Å². The summed E-state index contributed by atoms with van der Waals surface area (Å²) in [6.45, 7) is 6.17. The number of carbonyl (C=O) groups is 1. The van der Waals surface area contributed by atoms with Gasteiger partial charge < -0.3 is 10.6 Å². The first-order chi connectivity index (χ1) is 12.6. The van der Waals surface area contributed by atoms with Crippen molar-refractivity contribution in [2.45, 2.75) is 27.2 Å². The summed E-state index contributed by atoms with van der Waals surface area (Å²) >= 11 is 0. The second kappa shape index (κ2) is 7.78. The molecule has 26 heavy (non-hydrogen) atoms. The van der Waals surface area contributed by atoms with Gasteiger partial charge in [-0.1, -0.05) is 42.8 Å². The normalized spacial score (nSPS) is 10.4. The number of aromatic nitrogens is 2. The molecule has 0 unspecified atom stereocenters. The number of hydrogen-bond acceptors (Lipinski definition) is 4. The van der Waals surface area contributed by atoms with E-state index in [4.69, 9.17) is 0 Å². The van der Waals surface area contributed by atoms with E-state index in [-0.39, 0.29) is 11.6 Å². The first-order valence-corrected chi connectivity index (χ1v) is 8.62. The molecule has 3 aromatic rings. The first-order valence-electron chi connectivity index (χ1n) is 8.62. The van der Waals surface area contributed by atoms with Crippen LogP contribution in [0.2, 0.25) is 0 Å². The van der Waals surface area contributed by atoms with E-state index >= 15 is 0 Å². The van der Waals surface area contributed by atoms with Crippen LogP contribution in [0.4, 0.5) is 17.2 Å². The minimum atomic E-state index is -0.280. The fourth-order valence-electron chi connectivity index (χ4n) is 2.67. The van der Waals surface area contributed by atoms with Gasteiger partial charge in [-0.2, -0.15) is 0 Å². The van der Waals surface area contributed by atoms with Gasteiger partial charge in [0.2, 0.25) is 0 Å². The fraction of sp³-hybridized carbons (Fsp3) is 0.190. The van der Waals surface area contributed by atoms with Gasteiger partial charge in [0.1, 0.15) is 11.5 Å². The molecule has 0 fully saturated rings. The number of benzene rings is 2. The number of rotatable bonds is 5. The van der Waals surface area contributed by atoms with Crippen molar-refractivity contribution in [3.63, 3.8) is 0 Å². The third-order valence-electron chi connectivity index (χ3n) is 4.19. The van der Waals surface area contributed by atoms with Gasteiger partial charge in [0.25, 0.3) is 5.91 Å².